The van der Waals surface area contributed by atoms with Crippen molar-refractivity contribution in [3.63, 3.8) is 0 Å². The fourth-order valence-electron chi connectivity index (χ4n) is 1.53. The first-order valence-electron chi connectivity index (χ1n) is 5.28. The monoisotopic (exact) mass is 213 g/mol. The van der Waals surface area contributed by atoms with Crippen LogP contribution in [-0.4, -0.2) is 0 Å². The van der Waals surface area contributed by atoms with Crippen molar-refractivity contribution >= 4 is 0 Å². The fourth-order valence-corrected chi connectivity index (χ4v) is 1.53. The summed E-state index contributed by atoms with van der Waals surface area (Å²) in [5.74, 6) is -1.57. The molecule has 0 saturated heterocycles. The Morgan fingerprint density at radius 3 is 2.53 bits per heavy atom. The van der Waals surface area contributed by atoms with Gasteiger partial charge in [0.05, 0.1) is 0 Å². The minimum atomic E-state index is -0.793. The smallest absolute Gasteiger partial charge is 0.163 e. The first-order valence-corrected chi connectivity index (χ1v) is 5.28. The third-order valence-electron chi connectivity index (χ3n) is 2.57. The zero-order chi connectivity index (χ0) is 11.4. The number of aryl methyl sites for hydroxylation is 1. The van der Waals surface area contributed by atoms with E-state index < -0.39 is 17.7 Å². The first-order chi connectivity index (χ1) is 7.07. The van der Waals surface area contributed by atoms with E-state index in [9.17, 15) is 8.78 Å². The lowest BCUT2D eigenvalue weighted by atomic mass is 10.00. The summed E-state index contributed by atoms with van der Waals surface area (Å²) in [6.07, 6.45) is 2.62. The van der Waals surface area contributed by atoms with E-state index in [1.807, 2.05) is 6.92 Å². The Hall–Kier alpha value is -0.960. The van der Waals surface area contributed by atoms with E-state index in [1.54, 1.807) is 19.1 Å². The van der Waals surface area contributed by atoms with Crippen LogP contribution in [0.25, 0.3) is 0 Å². The molecule has 0 amide bonds. The van der Waals surface area contributed by atoms with Gasteiger partial charge < -0.3 is 5.73 Å². The molecule has 0 aliphatic heterocycles. The van der Waals surface area contributed by atoms with Crippen molar-refractivity contribution in [1.29, 1.82) is 0 Å². The molecule has 0 bridgehead atoms. The first kappa shape index (κ1) is 12.1. The maximum absolute atomic E-state index is 13.5. The average Bonchev–Trinajstić information content (AvgIpc) is 2.23. The maximum Gasteiger partial charge on any atom is 0.163 e. The summed E-state index contributed by atoms with van der Waals surface area (Å²) >= 11 is 0. The van der Waals surface area contributed by atoms with Crippen LogP contribution in [0.15, 0.2) is 12.1 Å². The minimum absolute atomic E-state index is 0.284. The summed E-state index contributed by atoms with van der Waals surface area (Å²) in [6.45, 7) is 3.58. The van der Waals surface area contributed by atoms with Gasteiger partial charge in [0.2, 0.25) is 0 Å². The van der Waals surface area contributed by atoms with Gasteiger partial charge in [-0.05, 0) is 18.9 Å². The zero-order valence-electron chi connectivity index (χ0n) is 9.19. The van der Waals surface area contributed by atoms with Crippen LogP contribution in [0.3, 0.4) is 0 Å². The topological polar surface area (TPSA) is 26.0 Å². The van der Waals surface area contributed by atoms with E-state index in [0.717, 1.165) is 12.8 Å². The molecule has 0 unspecified atom stereocenters. The van der Waals surface area contributed by atoms with Crippen molar-refractivity contribution in [2.45, 2.75) is 39.2 Å². The van der Waals surface area contributed by atoms with Crippen LogP contribution in [0, 0.1) is 18.6 Å². The van der Waals surface area contributed by atoms with Gasteiger partial charge in [0.25, 0.3) is 0 Å². The highest BCUT2D eigenvalue weighted by atomic mass is 19.2. The molecular weight excluding hydrogens is 196 g/mol. The summed E-state index contributed by atoms with van der Waals surface area (Å²) in [4.78, 5) is 0. The summed E-state index contributed by atoms with van der Waals surface area (Å²) in [7, 11) is 0. The highest BCUT2D eigenvalue weighted by Gasteiger charge is 2.15. The van der Waals surface area contributed by atoms with Crippen LogP contribution < -0.4 is 5.73 Å². The van der Waals surface area contributed by atoms with Crippen molar-refractivity contribution in [2.24, 2.45) is 5.73 Å². The van der Waals surface area contributed by atoms with Gasteiger partial charge in [0.15, 0.2) is 11.6 Å². The van der Waals surface area contributed by atoms with E-state index >= 15 is 0 Å². The molecule has 1 aromatic rings. The number of benzene rings is 1. The predicted octanol–water partition coefficient (Wildman–Crippen LogP) is 3.46. The molecule has 1 rings (SSSR count). The van der Waals surface area contributed by atoms with Crippen molar-refractivity contribution in [1.82, 2.24) is 0 Å². The molecule has 0 heterocycles. The molecule has 0 radical (unpaired) electrons. The molecule has 0 aromatic heterocycles. The third-order valence-corrected chi connectivity index (χ3v) is 2.57. The molecule has 84 valence electrons. The second-order valence-electron chi connectivity index (χ2n) is 3.85. The number of hydrogen-bond donors (Lipinski definition) is 1. The molecule has 0 saturated carbocycles. The van der Waals surface area contributed by atoms with Gasteiger partial charge in [-0.15, -0.1) is 0 Å². The minimum Gasteiger partial charge on any atom is -0.324 e. The van der Waals surface area contributed by atoms with E-state index in [0.29, 0.717) is 12.0 Å². The fraction of sp³-hybridized carbons (Fsp3) is 0.500. The summed E-state index contributed by atoms with van der Waals surface area (Å²) in [6, 6.07) is 2.74. The Morgan fingerprint density at radius 2 is 1.93 bits per heavy atom. The summed E-state index contributed by atoms with van der Waals surface area (Å²) < 4.78 is 26.7. The Kier molecular flexibility index (Phi) is 4.21. The molecule has 1 atom stereocenters. The predicted molar refractivity (Wildman–Crippen MR) is 57.5 cm³/mol. The lowest BCUT2D eigenvalue weighted by Gasteiger charge is -2.13. The summed E-state index contributed by atoms with van der Waals surface area (Å²) in [5.41, 5.74) is 6.40. The quantitative estimate of drug-likeness (QED) is 0.814. The number of unbranched alkanes of at least 4 members (excludes halogenated alkanes) is 1. The van der Waals surface area contributed by atoms with Gasteiger partial charge in [-0.3, -0.25) is 0 Å². The van der Waals surface area contributed by atoms with Gasteiger partial charge >= 0.3 is 0 Å². The Morgan fingerprint density at radius 1 is 1.27 bits per heavy atom. The molecule has 0 aliphatic carbocycles. The van der Waals surface area contributed by atoms with Crippen molar-refractivity contribution in [3.8, 4) is 0 Å². The van der Waals surface area contributed by atoms with Crippen molar-refractivity contribution in [2.75, 3.05) is 0 Å². The number of halogens is 2. The molecule has 1 aromatic carbocycles. The van der Waals surface area contributed by atoms with Crippen molar-refractivity contribution in [3.05, 3.63) is 34.9 Å². The van der Waals surface area contributed by atoms with E-state index in [4.69, 9.17) is 5.73 Å². The largest absolute Gasteiger partial charge is 0.324 e. The highest BCUT2D eigenvalue weighted by Crippen LogP contribution is 2.23. The van der Waals surface area contributed by atoms with Crippen LogP contribution >= 0.6 is 0 Å². The SMILES string of the molecule is CCCC[C@H](N)c1ccc(C)c(F)c1F. The van der Waals surface area contributed by atoms with Crippen LogP contribution in [0.1, 0.15) is 43.4 Å². The standard InChI is InChI=1S/C12H17F2N/c1-3-4-5-10(15)9-7-6-8(2)11(13)12(9)14/h6-7,10H,3-5,15H2,1-2H3/t10-/m0/s1. The van der Waals surface area contributed by atoms with Crippen LogP contribution in [0.5, 0.6) is 0 Å². The molecule has 0 aliphatic rings. The summed E-state index contributed by atoms with van der Waals surface area (Å²) in [5, 5.41) is 0. The maximum atomic E-state index is 13.5. The molecule has 1 nitrogen and oxygen atoms in total. The van der Waals surface area contributed by atoms with Gasteiger partial charge in [-0.25, -0.2) is 8.78 Å². The van der Waals surface area contributed by atoms with Crippen LogP contribution in [0.4, 0.5) is 8.78 Å². The number of nitrogens with two attached hydrogens (primary N) is 1. The Bertz CT molecular complexity index is 337. The second-order valence-corrected chi connectivity index (χ2v) is 3.85. The van der Waals surface area contributed by atoms with E-state index in [-0.39, 0.29) is 5.56 Å². The zero-order valence-corrected chi connectivity index (χ0v) is 9.19. The Balaban J connectivity index is 2.90. The second kappa shape index (κ2) is 5.21. The van der Waals surface area contributed by atoms with Crippen LogP contribution in [-0.2, 0) is 0 Å². The van der Waals surface area contributed by atoms with Crippen LogP contribution in [0.2, 0.25) is 0 Å². The number of rotatable bonds is 4. The van der Waals surface area contributed by atoms with E-state index in [1.165, 1.54) is 0 Å². The molecule has 3 heteroatoms. The lowest BCUT2D eigenvalue weighted by molar-refractivity contribution is 0.475. The molecule has 2 N–H and O–H groups in total. The normalized spacial score (nSPS) is 12.9. The van der Waals surface area contributed by atoms with E-state index in [2.05, 4.69) is 0 Å². The van der Waals surface area contributed by atoms with Gasteiger partial charge in [0, 0.05) is 11.6 Å². The number of hydrogen-bond acceptors (Lipinski definition) is 1. The molecule has 0 spiro atoms. The average molecular weight is 213 g/mol. The molecular formula is C12H17F2N. The molecule has 15 heavy (non-hydrogen) atoms. The van der Waals surface area contributed by atoms with Gasteiger partial charge in [-0.2, -0.15) is 0 Å². The third kappa shape index (κ3) is 2.75. The Labute approximate surface area is 89.3 Å². The lowest BCUT2D eigenvalue weighted by Crippen LogP contribution is -2.13. The van der Waals surface area contributed by atoms with Crippen molar-refractivity contribution < 1.29 is 8.78 Å². The van der Waals surface area contributed by atoms with Gasteiger partial charge in [-0.1, -0.05) is 31.9 Å². The highest BCUT2D eigenvalue weighted by molar-refractivity contribution is 5.27. The molecule has 0 fully saturated rings. The van der Waals surface area contributed by atoms with Gasteiger partial charge in [0.1, 0.15) is 0 Å².